The lowest BCUT2D eigenvalue weighted by Gasteiger charge is -2.39. The van der Waals surface area contributed by atoms with Crippen molar-refractivity contribution in [1.29, 1.82) is 5.26 Å². The van der Waals surface area contributed by atoms with Gasteiger partial charge < -0.3 is 4.74 Å². The second-order valence-corrected chi connectivity index (χ2v) is 10.9. The fourth-order valence-corrected chi connectivity index (χ4v) is 6.71. The van der Waals surface area contributed by atoms with Crippen molar-refractivity contribution in [2.45, 2.75) is 31.0 Å². The van der Waals surface area contributed by atoms with Crippen LogP contribution in [0.4, 0.5) is 0 Å². The Morgan fingerprint density at radius 3 is 2.11 bits per heavy atom. The number of morpholine rings is 1. The smallest absolute Gasteiger partial charge is 0.282 e. The Hall–Kier alpha value is -1.55. The van der Waals surface area contributed by atoms with Crippen molar-refractivity contribution >= 4 is 20.2 Å². The molecule has 2 atom stereocenters. The van der Waals surface area contributed by atoms with Crippen LogP contribution in [0.5, 0.6) is 0 Å². The molecule has 2 fully saturated rings. The molecule has 0 bridgehead atoms. The molecule has 2 unspecified atom stereocenters. The third-order valence-electron chi connectivity index (χ3n) is 4.84. The van der Waals surface area contributed by atoms with Crippen LogP contribution in [0, 0.1) is 11.3 Å². The molecule has 0 N–H and O–H groups in total. The molecule has 0 spiro atoms. The molecule has 9 nitrogen and oxygen atoms in total. The first-order chi connectivity index (χ1) is 13.1. The average molecular weight is 429 g/mol. The predicted molar refractivity (Wildman–Crippen MR) is 102 cm³/mol. The predicted octanol–water partition coefficient (Wildman–Crippen LogP) is 0.219. The molecule has 2 aliphatic rings. The van der Waals surface area contributed by atoms with Gasteiger partial charge in [-0.15, -0.1) is 0 Å². The Balaban J connectivity index is 1.71. The molecular formula is C17H24N4O5S2. The molecule has 28 heavy (non-hydrogen) atoms. The maximum absolute atomic E-state index is 12.9. The second-order valence-electron chi connectivity index (χ2n) is 7.02. The quantitative estimate of drug-likeness (QED) is 0.678. The monoisotopic (exact) mass is 428 g/mol. The van der Waals surface area contributed by atoms with Crippen LogP contribution in [0.25, 0.3) is 0 Å². The molecule has 3 rings (SSSR count). The fraction of sp³-hybridized carbons (Fsp3) is 0.588. The number of ether oxygens (including phenoxy) is 1. The summed E-state index contributed by atoms with van der Waals surface area (Å²) in [6.45, 7) is 4.52. The first kappa shape index (κ1) is 21.2. The fourth-order valence-electron chi connectivity index (χ4n) is 3.50. The third-order valence-corrected chi connectivity index (χ3v) is 8.70. The van der Waals surface area contributed by atoms with Crippen LogP contribution >= 0.6 is 0 Å². The summed E-state index contributed by atoms with van der Waals surface area (Å²) in [5.41, 5.74) is 0.262. The van der Waals surface area contributed by atoms with E-state index in [1.807, 2.05) is 19.9 Å². The standard InChI is InChI=1S/C17H24N4O5S2/c1-14-12-21(13-15(2)26-14)28(24,25)20-8-6-19(7-9-20)27(22,23)17-5-3-4-16(10-17)11-18/h3-5,10,14-15H,6-9,12-13H2,1-2H3. The number of benzene rings is 1. The number of rotatable bonds is 4. The van der Waals surface area contributed by atoms with Crippen molar-refractivity contribution in [1.82, 2.24) is 12.9 Å². The lowest BCUT2D eigenvalue weighted by molar-refractivity contribution is -0.0456. The van der Waals surface area contributed by atoms with E-state index in [1.54, 1.807) is 0 Å². The summed E-state index contributed by atoms with van der Waals surface area (Å²) in [4.78, 5) is 0.0405. The maximum Gasteiger partial charge on any atom is 0.282 e. The van der Waals surface area contributed by atoms with E-state index in [0.29, 0.717) is 0 Å². The summed E-state index contributed by atoms with van der Waals surface area (Å²) in [6, 6.07) is 7.75. The highest BCUT2D eigenvalue weighted by atomic mass is 32.2. The summed E-state index contributed by atoms with van der Waals surface area (Å²) in [7, 11) is -7.45. The summed E-state index contributed by atoms with van der Waals surface area (Å²) in [5.74, 6) is 0. The van der Waals surface area contributed by atoms with Gasteiger partial charge in [-0.25, -0.2) is 8.42 Å². The lowest BCUT2D eigenvalue weighted by Crippen LogP contribution is -2.57. The Morgan fingerprint density at radius 2 is 1.54 bits per heavy atom. The zero-order chi connectivity index (χ0) is 20.5. The summed E-state index contributed by atoms with van der Waals surface area (Å²) in [5, 5.41) is 8.98. The van der Waals surface area contributed by atoms with E-state index in [2.05, 4.69) is 0 Å². The zero-order valence-electron chi connectivity index (χ0n) is 15.9. The van der Waals surface area contributed by atoms with E-state index in [4.69, 9.17) is 10.00 Å². The van der Waals surface area contributed by atoms with Gasteiger partial charge in [-0.2, -0.15) is 26.6 Å². The van der Waals surface area contributed by atoms with Crippen LogP contribution in [-0.4, -0.2) is 81.2 Å². The molecule has 0 saturated carbocycles. The second kappa shape index (κ2) is 8.06. The minimum Gasteiger partial charge on any atom is -0.373 e. The summed E-state index contributed by atoms with van der Waals surface area (Å²) < 4.78 is 61.1. The van der Waals surface area contributed by atoms with E-state index < -0.39 is 20.2 Å². The molecular weight excluding hydrogens is 404 g/mol. The van der Waals surface area contributed by atoms with Gasteiger partial charge in [0.25, 0.3) is 10.2 Å². The van der Waals surface area contributed by atoms with Gasteiger partial charge in [-0.05, 0) is 32.0 Å². The van der Waals surface area contributed by atoms with Crippen LogP contribution in [-0.2, 0) is 25.0 Å². The maximum atomic E-state index is 12.9. The zero-order valence-corrected chi connectivity index (χ0v) is 17.5. The van der Waals surface area contributed by atoms with E-state index in [0.717, 1.165) is 0 Å². The van der Waals surface area contributed by atoms with Crippen molar-refractivity contribution in [2.24, 2.45) is 0 Å². The topological polar surface area (TPSA) is 111 Å². The molecule has 0 aromatic heterocycles. The Labute approximate surface area is 166 Å². The first-order valence-electron chi connectivity index (χ1n) is 9.05. The molecule has 1 aromatic carbocycles. The highest BCUT2D eigenvalue weighted by Gasteiger charge is 2.38. The largest absolute Gasteiger partial charge is 0.373 e. The number of sulfonamides is 1. The highest BCUT2D eigenvalue weighted by molar-refractivity contribution is 7.89. The number of hydrogen-bond donors (Lipinski definition) is 0. The van der Waals surface area contributed by atoms with Gasteiger partial charge in [0.05, 0.1) is 28.7 Å². The molecule has 2 saturated heterocycles. The van der Waals surface area contributed by atoms with Crippen LogP contribution in [0.3, 0.4) is 0 Å². The Kier molecular flexibility index (Phi) is 6.09. The van der Waals surface area contributed by atoms with Gasteiger partial charge in [0.1, 0.15) is 0 Å². The van der Waals surface area contributed by atoms with Crippen molar-refractivity contribution in [3.8, 4) is 6.07 Å². The summed E-state index contributed by atoms with van der Waals surface area (Å²) in [6.07, 6.45) is -0.375. The van der Waals surface area contributed by atoms with Gasteiger partial charge in [0, 0.05) is 39.3 Å². The van der Waals surface area contributed by atoms with Gasteiger partial charge in [-0.3, -0.25) is 0 Å². The lowest BCUT2D eigenvalue weighted by atomic mass is 10.2. The normalized spacial score (nSPS) is 26.0. The number of hydrogen-bond acceptors (Lipinski definition) is 6. The number of piperazine rings is 1. The van der Waals surface area contributed by atoms with Crippen molar-refractivity contribution in [3.05, 3.63) is 29.8 Å². The molecule has 154 valence electrons. The minimum atomic E-state index is -3.78. The van der Waals surface area contributed by atoms with Crippen LogP contribution in [0.2, 0.25) is 0 Å². The molecule has 0 radical (unpaired) electrons. The van der Waals surface area contributed by atoms with Gasteiger partial charge in [0.15, 0.2) is 0 Å². The van der Waals surface area contributed by atoms with Crippen molar-refractivity contribution < 1.29 is 21.6 Å². The van der Waals surface area contributed by atoms with E-state index in [9.17, 15) is 16.8 Å². The van der Waals surface area contributed by atoms with E-state index in [1.165, 1.54) is 37.2 Å². The molecule has 2 heterocycles. The van der Waals surface area contributed by atoms with Gasteiger partial charge in [0.2, 0.25) is 10.0 Å². The van der Waals surface area contributed by atoms with Crippen molar-refractivity contribution in [3.63, 3.8) is 0 Å². The number of nitrogens with zero attached hydrogens (tertiary/aromatic N) is 4. The van der Waals surface area contributed by atoms with E-state index in [-0.39, 0.29) is 61.9 Å². The summed E-state index contributed by atoms with van der Waals surface area (Å²) >= 11 is 0. The third kappa shape index (κ3) is 4.22. The minimum absolute atomic E-state index is 0.0405. The Bertz CT molecular complexity index is 956. The van der Waals surface area contributed by atoms with Crippen LogP contribution in [0.15, 0.2) is 29.2 Å². The molecule has 2 aliphatic heterocycles. The highest BCUT2D eigenvalue weighted by Crippen LogP contribution is 2.22. The molecule has 11 heteroatoms. The van der Waals surface area contributed by atoms with E-state index >= 15 is 0 Å². The SMILES string of the molecule is CC1CN(S(=O)(=O)N2CCN(S(=O)(=O)c3cccc(C#N)c3)CC2)CC(C)O1. The first-order valence-corrected chi connectivity index (χ1v) is 11.9. The number of nitriles is 1. The van der Waals surface area contributed by atoms with Gasteiger partial charge >= 0.3 is 0 Å². The Morgan fingerprint density at radius 1 is 0.964 bits per heavy atom. The van der Waals surface area contributed by atoms with Crippen molar-refractivity contribution in [2.75, 3.05) is 39.3 Å². The van der Waals surface area contributed by atoms with Crippen LogP contribution in [0.1, 0.15) is 19.4 Å². The molecule has 1 aromatic rings. The van der Waals surface area contributed by atoms with Gasteiger partial charge in [-0.1, -0.05) is 6.07 Å². The average Bonchev–Trinajstić information content (AvgIpc) is 2.67. The van der Waals surface area contributed by atoms with Crippen LogP contribution < -0.4 is 0 Å². The molecule has 0 aliphatic carbocycles. The molecule has 0 amide bonds.